The van der Waals surface area contributed by atoms with Gasteiger partial charge in [0, 0.05) is 18.6 Å². The maximum atomic E-state index is 10.2. The Morgan fingerprint density at radius 1 is 1.73 bits per heavy atom. The molecule has 0 aromatic carbocycles. The summed E-state index contributed by atoms with van der Waals surface area (Å²) in [6.07, 6.45) is 2.22. The molecule has 1 atom stereocenters. The van der Waals surface area contributed by atoms with Crippen LogP contribution in [0.15, 0.2) is 11.6 Å². The van der Waals surface area contributed by atoms with E-state index < -0.39 is 5.97 Å². The van der Waals surface area contributed by atoms with Crippen molar-refractivity contribution in [2.45, 2.75) is 13.3 Å². The highest BCUT2D eigenvalue weighted by Gasteiger charge is 2.17. The standard InChI is InChI=1S/C8H12O3/c1-6(4-8(9)10)7-2-3-11-5-7/h4,7H,2-3,5H2,1H3,(H,9,10)/b6-4+. The van der Waals surface area contributed by atoms with E-state index in [-0.39, 0.29) is 0 Å². The topological polar surface area (TPSA) is 46.5 Å². The van der Waals surface area contributed by atoms with E-state index in [1.165, 1.54) is 6.08 Å². The number of carboxylic acid groups (broad SMARTS) is 1. The molecule has 1 aliphatic heterocycles. The van der Waals surface area contributed by atoms with E-state index in [0.717, 1.165) is 18.6 Å². The molecule has 0 saturated carbocycles. The number of aliphatic carboxylic acids is 1. The second-order valence-corrected chi connectivity index (χ2v) is 2.79. The first-order valence-corrected chi connectivity index (χ1v) is 3.69. The Morgan fingerprint density at radius 3 is 2.91 bits per heavy atom. The van der Waals surface area contributed by atoms with Crippen LogP contribution in [0.1, 0.15) is 13.3 Å². The van der Waals surface area contributed by atoms with Crippen molar-refractivity contribution in [3.8, 4) is 0 Å². The average Bonchev–Trinajstić information content (AvgIpc) is 2.35. The summed E-state index contributed by atoms with van der Waals surface area (Å²) in [5.41, 5.74) is 0.912. The van der Waals surface area contributed by atoms with Gasteiger partial charge in [0.2, 0.25) is 0 Å². The van der Waals surface area contributed by atoms with Crippen molar-refractivity contribution < 1.29 is 14.6 Å². The summed E-state index contributed by atoms with van der Waals surface area (Å²) < 4.78 is 5.13. The number of hydrogen-bond donors (Lipinski definition) is 1. The molecule has 1 N–H and O–H groups in total. The molecule has 0 radical (unpaired) electrons. The minimum absolute atomic E-state index is 0.325. The highest BCUT2D eigenvalue weighted by molar-refractivity contribution is 5.80. The van der Waals surface area contributed by atoms with Crippen molar-refractivity contribution in [3.05, 3.63) is 11.6 Å². The van der Waals surface area contributed by atoms with Gasteiger partial charge >= 0.3 is 5.97 Å². The van der Waals surface area contributed by atoms with Gasteiger partial charge in [0.15, 0.2) is 0 Å². The fourth-order valence-corrected chi connectivity index (χ4v) is 1.21. The van der Waals surface area contributed by atoms with E-state index in [1.807, 2.05) is 6.92 Å². The lowest BCUT2D eigenvalue weighted by molar-refractivity contribution is -0.131. The van der Waals surface area contributed by atoms with Crippen molar-refractivity contribution in [3.63, 3.8) is 0 Å². The van der Waals surface area contributed by atoms with E-state index >= 15 is 0 Å². The molecule has 0 bridgehead atoms. The average molecular weight is 156 g/mol. The first kappa shape index (κ1) is 8.27. The molecular formula is C8H12O3. The summed E-state index contributed by atoms with van der Waals surface area (Å²) in [4.78, 5) is 10.2. The van der Waals surface area contributed by atoms with Crippen LogP contribution in [0.25, 0.3) is 0 Å². The molecule has 1 unspecified atom stereocenters. The number of hydrogen-bond acceptors (Lipinski definition) is 2. The lowest BCUT2D eigenvalue weighted by atomic mass is 10.00. The van der Waals surface area contributed by atoms with Gasteiger partial charge in [0.25, 0.3) is 0 Å². The molecule has 1 aliphatic rings. The van der Waals surface area contributed by atoms with Gasteiger partial charge in [0.1, 0.15) is 0 Å². The van der Waals surface area contributed by atoms with Gasteiger partial charge in [0.05, 0.1) is 6.61 Å². The molecule has 62 valence electrons. The van der Waals surface area contributed by atoms with Crippen molar-refractivity contribution in [2.75, 3.05) is 13.2 Å². The number of rotatable bonds is 2. The zero-order valence-electron chi connectivity index (χ0n) is 6.54. The van der Waals surface area contributed by atoms with E-state index in [2.05, 4.69) is 0 Å². The summed E-state index contributed by atoms with van der Waals surface area (Å²) in [5, 5.41) is 8.43. The Balaban J connectivity index is 2.51. The summed E-state index contributed by atoms with van der Waals surface area (Å²) in [7, 11) is 0. The van der Waals surface area contributed by atoms with Gasteiger partial charge in [-0.05, 0) is 13.3 Å². The second kappa shape index (κ2) is 3.53. The van der Waals surface area contributed by atoms with Gasteiger partial charge in [-0.2, -0.15) is 0 Å². The molecule has 0 amide bonds. The van der Waals surface area contributed by atoms with E-state index in [0.29, 0.717) is 12.5 Å². The maximum absolute atomic E-state index is 10.2. The van der Waals surface area contributed by atoms with Gasteiger partial charge in [-0.15, -0.1) is 0 Å². The van der Waals surface area contributed by atoms with Crippen LogP contribution in [0.3, 0.4) is 0 Å². The van der Waals surface area contributed by atoms with Gasteiger partial charge in [-0.1, -0.05) is 5.57 Å². The first-order chi connectivity index (χ1) is 5.20. The van der Waals surface area contributed by atoms with Crippen LogP contribution in [0.4, 0.5) is 0 Å². The quantitative estimate of drug-likeness (QED) is 0.608. The monoisotopic (exact) mass is 156 g/mol. The van der Waals surface area contributed by atoms with Crippen molar-refractivity contribution >= 4 is 5.97 Å². The predicted molar refractivity (Wildman–Crippen MR) is 40.3 cm³/mol. The highest BCUT2D eigenvalue weighted by atomic mass is 16.5. The largest absolute Gasteiger partial charge is 0.478 e. The van der Waals surface area contributed by atoms with E-state index in [1.54, 1.807) is 0 Å². The van der Waals surface area contributed by atoms with E-state index in [9.17, 15) is 4.79 Å². The van der Waals surface area contributed by atoms with Crippen LogP contribution in [-0.2, 0) is 9.53 Å². The molecular weight excluding hydrogens is 144 g/mol. The maximum Gasteiger partial charge on any atom is 0.328 e. The summed E-state index contributed by atoms with van der Waals surface area (Å²) >= 11 is 0. The third kappa shape index (κ3) is 2.35. The smallest absolute Gasteiger partial charge is 0.328 e. The van der Waals surface area contributed by atoms with Crippen molar-refractivity contribution in [2.24, 2.45) is 5.92 Å². The summed E-state index contributed by atoms with van der Waals surface area (Å²) in [6, 6.07) is 0. The predicted octanol–water partition coefficient (Wildman–Crippen LogP) is 1.05. The molecule has 1 rings (SSSR count). The van der Waals surface area contributed by atoms with Crippen LogP contribution < -0.4 is 0 Å². The second-order valence-electron chi connectivity index (χ2n) is 2.79. The van der Waals surface area contributed by atoms with Crippen molar-refractivity contribution in [1.29, 1.82) is 0 Å². The highest BCUT2D eigenvalue weighted by Crippen LogP contribution is 2.20. The molecule has 3 nitrogen and oxygen atoms in total. The van der Waals surface area contributed by atoms with Crippen LogP contribution >= 0.6 is 0 Å². The third-order valence-electron chi connectivity index (χ3n) is 1.92. The number of carbonyl (C=O) groups is 1. The first-order valence-electron chi connectivity index (χ1n) is 3.69. The molecule has 0 aromatic rings. The van der Waals surface area contributed by atoms with Crippen LogP contribution in [0.5, 0.6) is 0 Å². The zero-order valence-corrected chi connectivity index (χ0v) is 6.54. The van der Waals surface area contributed by atoms with Gasteiger partial charge < -0.3 is 9.84 Å². The van der Waals surface area contributed by atoms with Crippen LogP contribution in [0, 0.1) is 5.92 Å². The lowest BCUT2D eigenvalue weighted by Crippen LogP contribution is -2.03. The van der Waals surface area contributed by atoms with E-state index in [4.69, 9.17) is 9.84 Å². The van der Waals surface area contributed by atoms with Gasteiger partial charge in [-0.3, -0.25) is 0 Å². The minimum Gasteiger partial charge on any atom is -0.478 e. The molecule has 0 spiro atoms. The Hall–Kier alpha value is -0.830. The Labute approximate surface area is 65.7 Å². The molecule has 3 heteroatoms. The van der Waals surface area contributed by atoms with Gasteiger partial charge in [-0.25, -0.2) is 4.79 Å². The number of carboxylic acids is 1. The molecule has 0 aromatic heterocycles. The SMILES string of the molecule is C/C(=C\C(=O)O)C1CCOC1. The molecule has 11 heavy (non-hydrogen) atoms. The van der Waals surface area contributed by atoms with Crippen molar-refractivity contribution in [1.82, 2.24) is 0 Å². The van der Waals surface area contributed by atoms with Crippen LogP contribution in [0.2, 0.25) is 0 Å². The normalized spacial score (nSPS) is 25.5. The molecule has 1 saturated heterocycles. The third-order valence-corrected chi connectivity index (χ3v) is 1.92. The number of ether oxygens (including phenoxy) is 1. The minimum atomic E-state index is -0.866. The summed E-state index contributed by atoms with van der Waals surface area (Å²) in [5.74, 6) is -0.541. The van der Waals surface area contributed by atoms with Crippen LogP contribution in [-0.4, -0.2) is 24.3 Å². The Bertz CT molecular complexity index is 178. The molecule has 1 fully saturated rings. The molecule has 0 aliphatic carbocycles. The Morgan fingerprint density at radius 2 is 2.45 bits per heavy atom. The molecule has 1 heterocycles. The zero-order chi connectivity index (χ0) is 8.27. The Kier molecular flexibility index (Phi) is 2.65. The fraction of sp³-hybridized carbons (Fsp3) is 0.625. The fourth-order valence-electron chi connectivity index (χ4n) is 1.21. The summed E-state index contributed by atoms with van der Waals surface area (Å²) in [6.45, 7) is 3.28. The lowest BCUT2D eigenvalue weighted by Gasteiger charge is -2.05.